The Hall–Kier alpha value is -1.21. The van der Waals surface area contributed by atoms with Gasteiger partial charge in [-0.25, -0.2) is 4.79 Å². The summed E-state index contributed by atoms with van der Waals surface area (Å²) in [6.07, 6.45) is 7.34. The van der Waals surface area contributed by atoms with Crippen molar-refractivity contribution in [1.29, 1.82) is 0 Å². The zero-order valence-electron chi connectivity index (χ0n) is 13.3. The fraction of sp³-hybridized carbons (Fsp3) is 0.500. The molecule has 3 amide bonds. The number of methoxy groups -OCH3 is 1. The van der Waals surface area contributed by atoms with Gasteiger partial charge in [-0.3, -0.25) is 14.4 Å². The van der Waals surface area contributed by atoms with E-state index >= 15 is 0 Å². The Morgan fingerprint density at radius 2 is 2.00 bits per heavy atom. The Morgan fingerprint density at radius 3 is 2.57 bits per heavy atom. The minimum Gasteiger partial charge on any atom is -0.496 e. The highest BCUT2D eigenvalue weighted by Crippen LogP contribution is 2.27. The van der Waals surface area contributed by atoms with Crippen LogP contribution in [0, 0.1) is 0 Å². The Kier molecular flexibility index (Phi) is 6.77. The molecule has 7 heteroatoms. The smallest absolute Gasteiger partial charge is 0.334 e. The van der Waals surface area contributed by atoms with Crippen molar-refractivity contribution in [3.63, 3.8) is 0 Å². The van der Waals surface area contributed by atoms with Gasteiger partial charge in [0.15, 0.2) is 0 Å². The van der Waals surface area contributed by atoms with Crippen LogP contribution in [-0.4, -0.2) is 35.7 Å². The van der Waals surface area contributed by atoms with E-state index in [9.17, 15) is 9.59 Å². The normalized spacial score (nSPS) is 15.1. The first-order valence-electron chi connectivity index (χ1n) is 7.59. The minimum atomic E-state index is -0.409. The Bertz CT molecular complexity index is 576. The fourth-order valence-corrected chi connectivity index (χ4v) is 4.01. The van der Waals surface area contributed by atoms with Gasteiger partial charge >= 0.3 is 6.03 Å². The molecule has 0 aromatic heterocycles. The molecule has 0 atom stereocenters. The molecule has 1 aliphatic carbocycles. The summed E-state index contributed by atoms with van der Waals surface area (Å²) in [5.74, 6) is 0.231. The number of carbonyl (C=O) groups is 2. The van der Waals surface area contributed by atoms with Crippen LogP contribution in [0.15, 0.2) is 22.7 Å². The van der Waals surface area contributed by atoms with E-state index in [4.69, 9.17) is 4.74 Å². The highest BCUT2D eigenvalue weighted by atomic mass is 79.9. The molecule has 0 heterocycles. The zero-order chi connectivity index (χ0) is 16.8. The van der Waals surface area contributed by atoms with Crippen LogP contribution in [0.2, 0.25) is 0 Å². The molecule has 0 aliphatic heterocycles. The first-order chi connectivity index (χ1) is 11.1. The van der Waals surface area contributed by atoms with Gasteiger partial charge in [-0.15, -0.1) is 0 Å². The molecule has 0 bridgehead atoms. The lowest BCUT2D eigenvalue weighted by Crippen LogP contribution is -2.44. The van der Waals surface area contributed by atoms with Gasteiger partial charge in [-0.05, 0) is 58.9 Å². The van der Waals surface area contributed by atoms with Crippen LogP contribution in [0.5, 0.6) is 5.75 Å². The monoisotopic (exact) mass is 400 g/mol. The number of nitrogens with zero attached hydrogens (tertiary/aromatic N) is 1. The third-order valence-corrected chi connectivity index (χ3v) is 5.41. The predicted molar refractivity (Wildman–Crippen MR) is 95.8 cm³/mol. The first-order valence-corrected chi connectivity index (χ1v) is 9.56. The number of ether oxygens (including phenoxy) is 1. The lowest BCUT2D eigenvalue weighted by Gasteiger charge is -2.31. The van der Waals surface area contributed by atoms with E-state index in [1.165, 1.54) is 18.4 Å². The van der Waals surface area contributed by atoms with Gasteiger partial charge in [0.2, 0.25) is 0 Å². The second-order valence-electron chi connectivity index (χ2n) is 5.41. The maximum absolute atomic E-state index is 12.4. The van der Waals surface area contributed by atoms with Crippen LogP contribution in [0.4, 0.5) is 4.79 Å². The van der Waals surface area contributed by atoms with Gasteiger partial charge < -0.3 is 4.74 Å². The molecule has 0 spiro atoms. The van der Waals surface area contributed by atoms with Gasteiger partial charge in [-0.1, -0.05) is 19.3 Å². The second kappa shape index (κ2) is 8.59. The summed E-state index contributed by atoms with van der Waals surface area (Å²) in [5, 5.41) is 2.47. The van der Waals surface area contributed by atoms with E-state index in [1.54, 1.807) is 29.6 Å². The molecule has 1 aliphatic rings. The number of imide groups is 1. The topological polar surface area (TPSA) is 58.6 Å². The summed E-state index contributed by atoms with van der Waals surface area (Å²) in [4.78, 5) is 24.7. The number of urea groups is 1. The van der Waals surface area contributed by atoms with E-state index in [0.717, 1.165) is 25.7 Å². The van der Waals surface area contributed by atoms with Crippen molar-refractivity contribution in [3.8, 4) is 5.75 Å². The van der Waals surface area contributed by atoms with Crippen molar-refractivity contribution in [2.75, 3.05) is 13.4 Å². The molecular weight excluding hydrogens is 380 g/mol. The number of nitrogens with one attached hydrogen (secondary N) is 1. The lowest BCUT2D eigenvalue weighted by atomic mass is 9.96. The number of amides is 3. The van der Waals surface area contributed by atoms with Gasteiger partial charge in [-0.2, -0.15) is 0 Å². The zero-order valence-corrected chi connectivity index (χ0v) is 15.7. The van der Waals surface area contributed by atoms with E-state index in [0.29, 0.717) is 15.8 Å². The number of benzene rings is 1. The summed E-state index contributed by atoms with van der Waals surface area (Å²) >= 11 is 4.71. The third kappa shape index (κ3) is 4.64. The number of hydrogen-bond acceptors (Lipinski definition) is 4. The van der Waals surface area contributed by atoms with Crippen molar-refractivity contribution in [3.05, 3.63) is 28.2 Å². The van der Waals surface area contributed by atoms with Gasteiger partial charge in [0, 0.05) is 17.9 Å². The Morgan fingerprint density at radius 1 is 1.30 bits per heavy atom. The average molecular weight is 401 g/mol. The van der Waals surface area contributed by atoms with Crippen molar-refractivity contribution < 1.29 is 14.3 Å². The van der Waals surface area contributed by atoms with Crippen molar-refractivity contribution in [1.82, 2.24) is 9.62 Å². The van der Waals surface area contributed by atoms with E-state index in [2.05, 4.69) is 21.2 Å². The van der Waals surface area contributed by atoms with Crippen LogP contribution in [0.25, 0.3) is 0 Å². The molecule has 1 aromatic rings. The third-order valence-electron chi connectivity index (χ3n) is 3.94. The Balaban J connectivity index is 2.02. The molecule has 1 fully saturated rings. The largest absolute Gasteiger partial charge is 0.496 e. The van der Waals surface area contributed by atoms with Gasteiger partial charge in [0.25, 0.3) is 5.91 Å². The van der Waals surface area contributed by atoms with Crippen LogP contribution >= 0.6 is 27.9 Å². The van der Waals surface area contributed by atoms with Crippen LogP contribution < -0.4 is 10.1 Å². The van der Waals surface area contributed by atoms with Crippen LogP contribution in [0.1, 0.15) is 42.5 Å². The number of hydrogen-bond donors (Lipinski definition) is 1. The molecule has 1 saturated carbocycles. The maximum atomic E-state index is 12.4. The van der Waals surface area contributed by atoms with E-state index < -0.39 is 5.91 Å². The molecule has 1 N–H and O–H groups in total. The molecule has 1 aromatic carbocycles. The molecule has 23 heavy (non-hydrogen) atoms. The summed E-state index contributed by atoms with van der Waals surface area (Å²) in [6.45, 7) is 0. The SMILES string of the molecule is COc1ccc(C(=O)NC(=O)N(SC)C2CCCCC2)cc1Br. The van der Waals surface area contributed by atoms with Crippen molar-refractivity contribution >= 4 is 39.8 Å². The van der Waals surface area contributed by atoms with Crippen molar-refractivity contribution in [2.24, 2.45) is 0 Å². The lowest BCUT2D eigenvalue weighted by molar-refractivity contribution is 0.0956. The molecular formula is C16H21BrN2O3S. The molecule has 0 saturated heterocycles. The summed E-state index contributed by atoms with van der Waals surface area (Å²) in [5.41, 5.74) is 0.413. The number of halogens is 1. The van der Waals surface area contributed by atoms with Crippen LogP contribution in [-0.2, 0) is 0 Å². The van der Waals surface area contributed by atoms with E-state index in [1.807, 2.05) is 6.26 Å². The van der Waals surface area contributed by atoms with Gasteiger partial charge in [0.05, 0.1) is 11.6 Å². The fourth-order valence-electron chi connectivity index (χ4n) is 2.75. The summed E-state index contributed by atoms with van der Waals surface area (Å²) in [6, 6.07) is 4.83. The number of carbonyl (C=O) groups excluding carboxylic acids is 2. The molecule has 2 rings (SSSR count). The minimum absolute atomic E-state index is 0.203. The quantitative estimate of drug-likeness (QED) is 0.768. The summed E-state index contributed by atoms with van der Waals surface area (Å²) in [7, 11) is 1.56. The standard InChI is InChI=1S/C16H21BrN2O3S/c1-22-14-9-8-11(10-13(14)17)15(20)18-16(21)19(23-2)12-6-4-3-5-7-12/h8-10,12H,3-7H2,1-2H3,(H,18,20,21). The predicted octanol–water partition coefficient (Wildman–Crippen LogP) is 4.22. The average Bonchev–Trinajstić information content (AvgIpc) is 2.56. The Labute approximate surface area is 149 Å². The summed E-state index contributed by atoms with van der Waals surface area (Å²) < 4.78 is 7.50. The van der Waals surface area contributed by atoms with Crippen molar-refractivity contribution in [2.45, 2.75) is 38.1 Å². The highest BCUT2D eigenvalue weighted by molar-refractivity contribution is 9.10. The second-order valence-corrected chi connectivity index (χ2v) is 7.02. The highest BCUT2D eigenvalue weighted by Gasteiger charge is 2.26. The maximum Gasteiger partial charge on any atom is 0.334 e. The molecule has 126 valence electrons. The molecule has 5 nitrogen and oxygen atoms in total. The molecule has 0 unspecified atom stereocenters. The van der Waals surface area contributed by atoms with Gasteiger partial charge in [0.1, 0.15) is 5.75 Å². The first kappa shape index (κ1) is 18.1. The number of rotatable bonds is 4. The van der Waals surface area contributed by atoms with Crippen LogP contribution in [0.3, 0.4) is 0 Å². The van der Waals surface area contributed by atoms with E-state index in [-0.39, 0.29) is 12.1 Å². The molecule has 0 radical (unpaired) electrons.